The molecular weight excluding hydrogens is 694 g/mol. The van der Waals surface area contributed by atoms with Gasteiger partial charge in [-0.2, -0.15) is 0 Å². The van der Waals surface area contributed by atoms with Crippen molar-refractivity contribution in [3.05, 3.63) is 54.1 Å². The Kier molecular flexibility index (Phi) is 14.2. The number of benzene rings is 1. The van der Waals surface area contributed by atoms with Gasteiger partial charge in [0.1, 0.15) is 35.3 Å². The van der Waals surface area contributed by atoms with Gasteiger partial charge in [-0.05, 0) is 57.9 Å². The number of rotatable bonds is 14. The van der Waals surface area contributed by atoms with Crippen LogP contribution in [0.3, 0.4) is 0 Å². The van der Waals surface area contributed by atoms with E-state index in [-0.39, 0.29) is 25.3 Å². The van der Waals surface area contributed by atoms with Crippen molar-refractivity contribution in [2.75, 3.05) is 13.7 Å². The number of methoxy groups -OCH3 is 1. The highest BCUT2D eigenvalue weighted by atomic mass is 16.6. The van der Waals surface area contributed by atoms with Crippen molar-refractivity contribution in [2.24, 2.45) is 13.0 Å². The number of alkyl carbamates (subject to hydrolysis) is 1. The predicted octanol–water partition coefficient (Wildman–Crippen LogP) is 2.71. The Bertz CT molecular complexity index is 1630. The third kappa shape index (κ3) is 11.0. The monoisotopic (exact) mass is 751 g/mol. The molecule has 0 spiro atoms. The zero-order chi connectivity index (χ0) is 39.6. The van der Waals surface area contributed by atoms with E-state index in [1.807, 2.05) is 30.3 Å². The summed E-state index contributed by atoms with van der Waals surface area (Å²) in [5.41, 5.74) is -0.598. The number of aryl methyl sites for hydroxylation is 1. The first-order chi connectivity index (χ1) is 25.5. The standard InChI is InChI=1S/C39H57N7O8/c1-25(2)31(33(48)41-29(35(50)53-7)21-26-15-10-8-11-16-26)43-36(51)39(18-12-9-13-19-39)44-32(47)30-17-14-20-46(30)34(49)28(22-27-23-40-24-45(27)6)42-37(52)54-38(3,4)5/h8,10-11,15-16,23-25,28-31H,9,12-14,17-22H2,1-7H3,(H,41,48)(H,42,52)(H,43,51)(H,44,47)/t28-,29-,30+,31-/m0/s1. The normalized spacial score (nSPS) is 18.5. The molecule has 2 fully saturated rings. The van der Waals surface area contributed by atoms with Gasteiger partial charge >= 0.3 is 12.1 Å². The van der Waals surface area contributed by atoms with Gasteiger partial charge in [0.2, 0.25) is 23.6 Å². The molecule has 0 radical (unpaired) electrons. The Hall–Kier alpha value is -4.95. The van der Waals surface area contributed by atoms with E-state index in [1.54, 1.807) is 58.8 Å². The van der Waals surface area contributed by atoms with Crippen molar-refractivity contribution in [1.29, 1.82) is 0 Å². The van der Waals surface area contributed by atoms with Crippen LogP contribution in [-0.4, -0.2) is 99.1 Å². The van der Waals surface area contributed by atoms with E-state index < -0.39 is 71.0 Å². The van der Waals surface area contributed by atoms with Crippen molar-refractivity contribution in [3.8, 4) is 0 Å². The number of hydrogen-bond acceptors (Lipinski definition) is 9. The first-order valence-electron chi connectivity index (χ1n) is 18.8. The number of carbonyl (C=O) groups excluding carboxylic acids is 6. The molecule has 1 aliphatic carbocycles. The molecule has 5 amide bonds. The highest BCUT2D eigenvalue weighted by molar-refractivity contribution is 5.98. The highest BCUT2D eigenvalue weighted by Crippen LogP contribution is 2.30. The summed E-state index contributed by atoms with van der Waals surface area (Å²) >= 11 is 0. The minimum atomic E-state index is -1.32. The molecule has 1 aliphatic heterocycles. The van der Waals surface area contributed by atoms with Crippen molar-refractivity contribution >= 4 is 35.7 Å². The average molecular weight is 752 g/mol. The molecule has 1 saturated heterocycles. The van der Waals surface area contributed by atoms with Crippen LogP contribution in [0, 0.1) is 5.92 Å². The maximum Gasteiger partial charge on any atom is 0.408 e. The van der Waals surface area contributed by atoms with Crippen LogP contribution < -0.4 is 21.3 Å². The number of hydrogen-bond donors (Lipinski definition) is 4. The summed E-state index contributed by atoms with van der Waals surface area (Å²) in [6.07, 6.45) is 6.60. The molecule has 1 saturated carbocycles. The maximum atomic E-state index is 14.3. The largest absolute Gasteiger partial charge is 0.467 e. The molecule has 0 unspecified atom stereocenters. The first kappa shape index (κ1) is 41.8. The molecule has 2 aliphatic rings. The second-order valence-electron chi connectivity index (χ2n) is 15.7. The van der Waals surface area contributed by atoms with Crippen molar-refractivity contribution in [3.63, 3.8) is 0 Å². The minimum Gasteiger partial charge on any atom is -0.467 e. The number of nitrogens with zero attached hydrogens (tertiary/aromatic N) is 3. The Balaban J connectivity index is 1.51. The fourth-order valence-corrected chi connectivity index (χ4v) is 7.09. The van der Waals surface area contributed by atoms with Crippen LogP contribution in [0.15, 0.2) is 42.9 Å². The van der Waals surface area contributed by atoms with Gasteiger partial charge in [0.25, 0.3) is 0 Å². The van der Waals surface area contributed by atoms with E-state index in [0.29, 0.717) is 44.2 Å². The smallest absolute Gasteiger partial charge is 0.408 e. The molecule has 2 aromatic rings. The number of imidazole rings is 1. The minimum absolute atomic E-state index is 0.118. The van der Waals surface area contributed by atoms with Crippen molar-refractivity contribution in [2.45, 2.75) is 128 Å². The number of esters is 1. The van der Waals surface area contributed by atoms with Gasteiger partial charge in [0.15, 0.2) is 0 Å². The molecule has 4 N–H and O–H groups in total. The summed E-state index contributed by atoms with van der Waals surface area (Å²) in [5, 5.41) is 11.4. The Morgan fingerprint density at radius 3 is 2.20 bits per heavy atom. The summed E-state index contributed by atoms with van der Waals surface area (Å²) in [6.45, 7) is 9.04. The molecule has 2 heterocycles. The molecular formula is C39H57N7O8. The summed E-state index contributed by atoms with van der Waals surface area (Å²) < 4.78 is 12.2. The highest BCUT2D eigenvalue weighted by Gasteiger charge is 2.46. The molecule has 0 bridgehead atoms. The maximum absolute atomic E-state index is 14.3. The van der Waals surface area contributed by atoms with E-state index in [4.69, 9.17) is 9.47 Å². The van der Waals surface area contributed by atoms with Crippen molar-refractivity contribution < 1.29 is 38.2 Å². The molecule has 4 atom stereocenters. The lowest BCUT2D eigenvalue weighted by atomic mass is 9.80. The van der Waals surface area contributed by atoms with E-state index >= 15 is 0 Å². The molecule has 54 heavy (non-hydrogen) atoms. The van der Waals surface area contributed by atoms with Gasteiger partial charge in [-0.1, -0.05) is 63.4 Å². The van der Waals surface area contributed by atoms with Crippen LogP contribution in [0.25, 0.3) is 0 Å². The lowest BCUT2D eigenvalue weighted by Crippen LogP contribution is -2.66. The van der Waals surface area contributed by atoms with Gasteiger partial charge in [-0.3, -0.25) is 19.2 Å². The first-order valence-corrected chi connectivity index (χ1v) is 18.8. The lowest BCUT2D eigenvalue weighted by molar-refractivity contribution is -0.146. The Morgan fingerprint density at radius 2 is 1.61 bits per heavy atom. The lowest BCUT2D eigenvalue weighted by Gasteiger charge is -2.39. The van der Waals surface area contributed by atoms with E-state index in [0.717, 1.165) is 12.0 Å². The fourth-order valence-electron chi connectivity index (χ4n) is 7.09. The predicted molar refractivity (Wildman–Crippen MR) is 200 cm³/mol. The van der Waals surface area contributed by atoms with E-state index in [1.165, 1.54) is 12.0 Å². The Labute approximate surface area is 317 Å². The van der Waals surface area contributed by atoms with E-state index in [9.17, 15) is 28.8 Å². The third-order valence-electron chi connectivity index (χ3n) is 9.98. The Morgan fingerprint density at radius 1 is 0.926 bits per heavy atom. The third-order valence-corrected chi connectivity index (χ3v) is 9.98. The van der Waals surface area contributed by atoms with Gasteiger partial charge in [0.05, 0.1) is 13.4 Å². The number of aromatic nitrogens is 2. The molecule has 1 aromatic carbocycles. The van der Waals surface area contributed by atoms with Crippen molar-refractivity contribution in [1.82, 2.24) is 35.7 Å². The molecule has 15 heteroatoms. The molecule has 1 aromatic heterocycles. The zero-order valence-electron chi connectivity index (χ0n) is 32.6. The molecule has 4 rings (SSSR count). The van der Waals surface area contributed by atoms with E-state index in [2.05, 4.69) is 26.3 Å². The average Bonchev–Trinajstić information content (AvgIpc) is 3.78. The number of amides is 5. The molecule has 15 nitrogen and oxygen atoms in total. The SMILES string of the molecule is COC(=O)[C@H](Cc1ccccc1)NC(=O)[C@@H](NC(=O)C1(NC(=O)[C@H]2CCCN2C(=O)[C@H](Cc2cncn2C)NC(=O)OC(C)(C)C)CCCCC1)C(C)C. The van der Waals surface area contributed by atoms with Crippen LogP contribution in [0.4, 0.5) is 4.79 Å². The summed E-state index contributed by atoms with van der Waals surface area (Å²) in [7, 11) is 3.04. The van der Waals surface area contributed by atoms with Crippen LogP contribution in [0.2, 0.25) is 0 Å². The van der Waals surface area contributed by atoms with Crippen LogP contribution in [-0.2, 0) is 53.3 Å². The number of likely N-dealkylation sites (tertiary alicyclic amines) is 1. The van der Waals surface area contributed by atoms with Gasteiger partial charge < -0.3 is 40.2 Å². The number of ether oxygens (including phenoxy) is 2. The van der Waals surface area contributed by atoms with Crippen LogP contribution >= 0.6 is 0 Å². The second kappa shape index (κ2) is 18.4. The molecule has 296 valence electrons. The van der Waals surface area contributed by atoms with Gasteiger partial charge in [0, 0.05) is 38.3 Å². The second-order valence-corrected chi connectivity index (χ2v) is 15.7. The summed E-state index contributed by atoms with van der Waals surface area (Å²) in [4.78, 5) is 87.5. The number of nitrogens with one attached hydrogen (secondary N) is 4. The van der Waals surface area contributed by atoms with Crippen LogP contribution in [0.5, 0.6) is 0 Å². The van der Waals surface area contributed by atoms with Gasteiger partial charge in [-0.25, -0.2) is 14.6 Å². The van der Waals surface area contributed by atoms with Crippen LogP contribution in [0.1, 0.15) is 90.8 Å². The summed E-state index contributed by atoms with van der Waals surface area (Å²) in [5.74, 6) is -2.96. The van der Waals surface area contributed by atoms with Gasteiger partial charge in [-0.15, -0.1) is 0 Å². The quantitative estimate of drug-likeness (QED) is 0.210. The fraction of sp³-hybridized carbons (Fsp3) is 0.615. The zero-order valence-corrected chi connectivity index (χ0v) is 32.6. The topological polar surface area (TPSA) is 190 Å². The summed E-state index contributed by atoms with van der Waals surface area (Å²) in [6, 6.07) is 5.28. The number of carbonyl (C=O) groups is 6.